The number of hydrogen-bond acceptors (Lipinski definition) is 3. The summed E-state index contributed by atoms with van der Waals surface area (Å²) in [4.78, 5) is 35.6. The number of carboxylic acid groups (broad SMARTS) is 1. The van der Waals surface area contributed by atoms with E-state index in [4.69, 9.17) is 5.11 Å². The molecule has 0 aliphatic heterocycles. The Morgan fingerprint density at radius 1 is 1.15 bits per heavy atom. The van der Waals surface area contributed by atoms with Crippen molar-refractivity contribution in [1.29, 1.82) is 0 Å². The Morgan fingerprint density at radius 3 is 2.38 bits per heavy atom. The zero-order chi connectivity index (χ0) is 19.3. The van der Waals surface area contributed by atoms with Crippen LogP contribution in [0.15, 0.2) is 18.2 Å². The number of aryl methyl sites for hydroxylation is 1. The maximum absolute atomic E-state index is 12.4. The molecule has 1 aliphatic rings. The van der Waals surface area contributed by atoms with Crippen molar-refractivity contribution in [3.8, 4) is 0 Å². The standard InChI is InChI=1S/C20H28N2O4/c1-13-11-14(18(24)21-15-7-5-4-6-8-15)9-10-16(13)22-17(23)12-20(2,3)19(25)26/h9-11,15H,4-8,12H2,1-3H3,(H,21,24)(H,22,23)(H,25,26). The third-order valence-electron chi connectivity index (χ3n) is 4.88. The molecule has 6 heteroatoms. The van der Waals surface area contributed by atoms with Crippen LogP contribution in [-0.4, -0.2) is 28.9 Å². The lowest BCUT2D eigenvalue weighted by Crippen LogP contribution is -2.36. The van der Waals surface area contributed by atoms with Gasteiger partial charge in [-0.25, -0.2) is 0 Å². The molecule has 0 atom stereocenters. The lowest BCUT2D eigenvalue weighted by Gasteiger charge is -2.23. The normalized spacial score (nSPS) is 15.3. The van der Waals surface area contributed by atoms with Gasteiger partial charge in [0, 0.05) is 23.7 Å². The molecule has 142 valence electrons. The monoisotopic (exact) mass is 360 g/mol. The Kier molecular flexibility index (Phi) is 6.40. The first kappa shape index (κ1) is 19.9. The molecule has 1 aliphatic carbocycles. The van der Waals surface area contributed by atoms with Crippen molar-refractivity contribution in [3.63, 3.8) is 0 Å². The summed E-state index contributed by atoms with van der Waals surface area (Å²) in [5.74, 6) is -1.47. The number of rotatable bonds is 6. The molecule has 1 fully saturated rings. The second-order valence-electron chi connectivity index (χ2n) is 7.75. The molecule has 0 bridgehead atoms. The lowest BCUT2D eigenvalue weighted by molar-refractivity contribution is -0.148. The molecule has 3 N–H and O–H groups in total. The van der Waals surface area contributed by atoms with Crippen molar-refractivity contribution in [2.75, 3.05) is 5.32 Å². The predicted molar refractivity (Wildman–Crippen MR) is 100 cm³/mol. The molecule has 0 radical (unpaired) electrons. The SMILES string of the molecule is Cc1cc(C(=O)NC2CCCCC2)ccc1NC(=O)CC(C)(C)C(=O)O. The van der Waals surface area contributed by atoms with E-state index in [1.54, 1.807) is 18.2 Å². The van der Waals surface area contributed by atoms with Crippen LogP contribution in [0.3, 0.4) is 0 Å². The van der Waals surface area contributed by atoms with E-state index in [1.807, 2.05) is 6.92 Å². The number of aliphatic carboxylic acids is 1. The van der Waals surface area contributed by atoms with Crippen LogP contribution in [-0.2, 0) is 9.59 Å². The highest BCUT2D eigenvalue weighted by molar-refractivity contribution is 5.97. The van der Waals surface area contributed by atoms with E-state index in [0.717, 1.165) is 31.2 Å². The van der Waals surface area contributed by atoms with Crippen LogP contribution in [0.1, 0.15) is 68.3 Å². The third kappa shape index (κ3) is 5.31. The molecule has 0 spiro atoms. The molecule has 26 heavy (non-hydrogen) atoms. The zero-order valence-corrected chi connectivity index (χ0v) is 15.7. The second-order valence-corrected chi connectivity index (χ2v) is 7.75. The highest BCUT2D eigenvalue weighted by Crippen LogP contribution is 2.23. The molecule has 0 aromatic heterocycles. The molecule has 1 saturated carbocycles. The van der Waals surface area contributed by atoms with Crippen LogP contribution >= 0.6 is 0 Å². The molecule has 1 aromatic carbocycles. The van der Waals surface area contributed by atoms with Crippen molar-refractivity contribution in [2.45, 2.75) is 65.3 Å². The average molecular weight is 360 g/mol. The molecule has 2 amide bonds. The number of hydrogen-bond donors (Lipinski definition) is 3. The van der Waals surface area contributed by atoms with Crippen LogP contribution in [0.2, 0.25) is 0 Å². The molecular weight excluding hydrogens is 332 g/mol. The lowest BCUT2D eigenvalue weighted by atomic mass is 9.89. The summed E-state index contributed by atoms with van der Waals surface area (Å²) >= 11 is 0. The summed E-state index contributed by atoms with van der Waals surface area (Å²) in [5.41, 5.74) is 0.794. The number of amides is 2. The van der Waals surface area contributed by atoms with Gasteiger partial charge < -0.3 is 15.7 Å². The van der Waals surface area contributed by atoms with Crippen LogP contribution in [0.5, 0.6) is 0 Å². The molecule has 0 heterocycles. The van der Waals surface area contributed by atoms with E-state index in [0.29, 0.717) is 11.3 Å². The van der Waals surface area contributed by atoms with E-state index in [2.05, 4.69) is 10.6 Å². The number of carbonyl (C=O) groups is 3. The topological polar surface area (TPSA) is 95.5 Å². The first-order valence-electron chi connectivity index (χ1n) is 9.14. The van der Waals surface area contributed by atoms with E-state index < -0.39 is 11.4 Å². The van der Waals surface area contributed by atoms with Crippen LogP contribution < -0.4 is 10.6 Å². The van der Waals surface area contributed by atoms with E-state index in [9.17, 15) is 14.4 Å². The van der Waals surface area contributed by atoms with Gasteiger partial charge in [-0.1, -0.05) is 19.3 Å². The second kappa shape index (κ2) is 8.34. The van der Waals surface area contributed by atoms with Crippen molar-refractivity contribution in [1.82, 2.24) is 5.32 Å². The Hall–Kier alpha value is -2.37. The van der Waals surface area contributed by atoms with Crippen molar-refractivity contribution in [2.24, 2.45) is 5.41 Å². The molecule has 2 rings (SSSR count). The number of anilines is 1. The third-order valence-corrected chi connectivity index (χ3v) is 4.88. The Bertz CT molecular complexity index is 691. The first-order valence-corrected chi connectivity index (χ1v) is 9.14. The fraction of sp³-hybridized carbons (Fsp3) is 0.550. The Labute approximate surface area is 154 Å². The molecule has 0 saturated heterocycles. The molecule has 6 nitrogen and oxygen atoms in total. The van der Waals surface area contributed by atoms with Gasteiger partial charge in [-0.05, 0) is 57.4 Å². The Morgan fingerprint density at radius 2 is 1.81 bits per heavy atom. The minimum Gasteiger partial charge on any atom is -0.481 e. The fourth-order valence-electron chi connectivity index (χ4n) is 3.13. The van der Waals surface area contributed by atoms with Gasteiger partial charge >= 0.3 is 5.97 Å². The van der Waals surface area contributed by atoms with Gasteiger partial charge in [0.05, 0.1) is 5.41 Å². The van der Waals surface area contributed by atoms with Gasteiger partial charge in [0.25, 0.3) is 5.91 Å². The summed E-state index contributed by atoms with van der Waals surface area (Å²) in [6.45, 7) is 4.84. The van der Waals surface area contributed by atoms with Gasteiger partial charge in [0.1, 0.15) is 0 Å². The number of carbonyl (C=O) groups excluding carboxylic acids is 2. The summed E-state index contributed by atoms with van der Waals surface area (Å²) in [6.07, 6.45) is 5.48. The summed E-state index contributed by atoms with van der Waals surface area (Å²) in [7, 11) is 0. The van der Waals surface area contributed by atoms with Gasteiger partial charge in [-0.2, -0.15) is 0 Å². The van der Waals surface area contributed by atoms with E-state index in [-0.39, 0.29) is 24.3 Å². The Balaban J connectivity index is 1.99. The van der Waals surface area contributed by atoms with Crippen LogP contribution in [0.25, 0.3) is 0 Å². The van der Waals surface area contributed by atoms with Crippen molar-refractivity contribution >= 4 is 23.5 Å². The quantitative estimate of drug-likeness (QED) is 0.723. The van der Waals surface area contributed by atoms with Gasteiger partial charge in [0.2, 0.25) is 5.91 Å². The zero-order valence-electron chi connectivity index (χ0n) is 15.7. The fourth-order valence-corrected chi connectivity index (χ4v) is 3.13. The van der Waals surface area contributed by atoms with Gasteiger partial charge in [-0.15, -0.1) is 0 Å². The first-order chi connectivity index (χ1) is 12.2. The van der Waals surface area contributed by atoms with Crippen LogP contribution in [0, 0.1) is 12.3 Å². The van der Waals surface area contributed by atoms with Crippen LogP contribution in [0.4, 0.5) is 5.69 Å². The van der Waals surface area contributed by atoms with E-state index in [1.165, 1.54) is 20.3 Å². The predicted octanol–water partition coefficient (Wildman–Crippen LogP) is 3.50. The minimum absolute atomic E-state index is 0.0927. The highest BCUT2D eigenvalue weighted by atomic mass is 16.4. The largest absolute Gasteiger partial charge is 0.481 e. The number of benzene rings is 1. The smallest absolute Gasteiger partial charge is 0.309 e. The maximum Gasteiger partial charge on any atom is 0.309 e. The summed E-state index contributed by atoms with van der Waals surface area (Å²) < 4.78 is 0. The molecular formula is C20H28N2O4. The molecule has 0 unspecified atom stereocenters. The van der Waals surface area contributed by atoms with Gasteiger partial charge in [-0.3, -0.25) is 14.4 Å². The average Bonchev–Trinajstić information content (AvgIpc) is 2.57. The number of nitrogens with one attached hydrogen (secondary N) is 2. The summed E-state index contributed by atoms with van der Waals surface area (Å²) in [5, 5.41) is 14.9. The minimum atomic E-state index is -1.13. The number of carboxylic acids is 1. The van der Waals surface area contributed by atoms with E-state index >= 15 is 0 Å². The van der Waals surface area contributed by atoms with Crippen molar-refractivity contribution < 1.29 is 19.5 Å². The molecule has 1 aromatic rings. The summed E-state index contributed by atoms with van der Waals surface area (Å²) in [6, 6.07) is 5.37. The van der Waals surface area contributed by atoms with Crippen molar-refractivity contribution in [3.05, 3.63) is 29.3 Å². The van der Waals surface area contributed by atoms with Gasteiger partial charge in [0.15, 0.2) is 0 Å². The highest BCUT2D eigenvalue weighted by Gasteiger charge is 2.30. The maximum atomic E-state index is 12.4.